The summed E-state index contributed by atoms with van der Waals surface area (Å²) in [6, 6.07) is 11.4. The van der Waals surface area contributed by atoms with Gasteiger partial charge in [0.2, 0.25) is 0 Å². The number of benzene rings is 2. The maximum Gasteiger partial charge on any atom is 0.253 e. The van der Waals surface area contributed by atoms with Crippen molar-refractivity contribution in [2.45, 2.75) is 32.2 Å². The predicted octanol–water partition coefficient (Wildman–Crippen LogP) is 4.46. The lowest BCUT2D eigenvalue weighted by atomic mass is 9.87. The quantitative estimate of drug-likeness (QED) is 0.785. The molecular formula is C18H20Cl2N2O. The van der Waals surface area contributed by atoms with Crippen molar-refractivity contribution in [3.63, 3.8) is 0 Å². The van der Waals surface area contributed by atoms with E-state index in [2.05, 4.69) is 5.32 Å². The highest BCUT2D eigenvalue weighted by atomic mass is 35.5. The Bertz CT molecular complexity index is 731. The Hall–Kier alpha value is -1.71. The maximum atomic E-state index is 12.5. The molecule has 3 rings (SSSR count). The number of halogens is 2. The molecule has 1 unspecified atom stereocenters. The highest BCUT2D eigenvalue weighted by Gasteiger charge is 2.23. The molecule has 3 N–H and O–H groups in total. The number of anilines is 1. The number of carbonyl (C=O) groups is 1. The second-order valence-electron chi connectivity index (χ2n) is 5.86. The molecule has 0 spiro atoms. The zero-order valence-electron chi connectivity index (χ0n) is 12.9. The summed E-state index contributed by atoms with van der Waals surface area (Å²) < 4.78 is 0. The minimum absolute atomic E-state index is 0. The standard InChI is InChI=1S/C18H19ClN2O.ClH/c1-11-5-7-15(16(19)9-11)18(22)21-17-4-2-3-12-10-13(20)6-8-14(12)17;/h5-10,17H,2-4,20H2,1H3,(H,21,22);1H. The van der Waals surface area contributed by atoms with E-state index in [4.69, 9.17) is 17.3 Å². The number of hydrogen-bond donors (Lipinski definition) is 2. The van der Waals surface area contributed by atoms with Crippen molar-refractivity contribution in [2.24, 2.45) is 0 Å². The normalized spacial score (nSPS) is 16.2. The molecule has 0 saturated heterocycles. The average molecular weight is 351 g/mol. The number of nitrogens with one attached hydrogen (secondary N) is 1. The van der Waals surface area contributed by atoms with Crippen molar-refractivity contribution >= 4 is 35.6 Å². The second-order valence-corrected chi connectivity index (χ2v) is 6.27. The Labute approximate surface area is 147 Å². The van der Waals surface area contributed by atoms with E-state index >= 15 is 0 Å². The van der Waals surface area contributed by atoms with Crippen LogP contribution in [-0.2, 0) is 6.42 Å². The number of nitrogens with two attached hydrogens (primary N) is 1. The smallest absolute Gasteiger partial charge is 0.253 e. The van der Waals surface area contributed by atoms with Gasteiger partial charge in [0.15, 0.2) is 0 Å². The van der Waals surface area contributed by atoms with Crippen LogP contribution in [0.25, 0.3) is 0 Å². The van der Waals surface area contributed by atoms with Crippen LogP contribution in [0.2, 0.25) is 5.02 Å². The monoisotopic (exact) mass is 350 g/mol. The molecule has 1 atom stereocenters. The Morgan fingerprint density at radius 3 is 2.78 bits per heavy atom. The fourth-order valence-corrected chi connectivity index (χ4v) is 3.35. The van der Waals surface area contributed by atoms with Crippen molar-refractivity contribution in [1.82, 2.24) is 5.32 Å². The van der Waals surface area contributed by atoms with Crippen LogP contribution in [0.3, 0.4) is 0 Å². The molecule has 0 fully saturated rings. The van der Waals surface area contributed by atoms with Gasteiger partial charge in [0.05, 0.1) is 16.6 Å². The molecule has 1 aliphatic carbocycles. The van der Waals surface area contributed by atoms with E-state index in [0.717, 1.165) is 36.1 Å². The summed E-state index contributed by atoms with van der Waals surface area (Å²) in [5.74, 6) is -0.125. The van der Waals surface area contributed by atoms with E-state index < -0.39 is 0 Å². The fraction of sp³-hybridized carbons (Fsp3) is 0.278. The van der Waals surface area contributed by atoms with E-state index in [0.29, 0.717) is 10.6 Å². The Kier molecular flexibility index (Phi) is 5.55. The summed E-state index contributed by atoms with van der Waals surface area (Å²) in [6.45, 7) is 1.95. The maximum absolute atomic E-state index is 12.5. The third-order valence-corrected chi connectivity index (χ3v) is 4.47. The number of fused-ring (bicyclic) bond motifs is 1. The predicted molar refractivity (Wildman–Crippen MR) is 97.4 cm³/mol. The van der Waals surface area contributed by atoms with Gasteiger partial charge in [-0.2, -0.15) is 0 Å². The first-order chi connectivity index (χ1) is 10.5. The Morgan fingerprint density at radius 1 is 1.26 bits per heavy atom. The van der Waals surface area contributed by atoms with Gasteiger partial charge in [-0.1, -0.05) is 23.7 Å². The molecule has 1 aliphatic rings. The first-order valence-electron chi connectivity index (χ1n) is 7.50. The molecule has 0 radical (unpaired) electrons. The molecule has 0 aromatic heterocycles. The number of hydrogen-bond acceptors (Lipinski definition) is 2. The Balaban J connectivity index is 0.00000192. The van der Waals surface area contributed by atoms with Crippen molar-refractivity contribution in [3.8, 4) is 0 Å². The van der Waals surface area contributed by atoms with Crippen LogP contribution in [0.5, 0.6) is 0 Å². The number of amides is 1. The van der Waals surface area contributed by atoms with E-state index in [1.165, 1.54) is 5.56 Å². The van der Waals surface area contributed by atoms with Gasteiger partial charge < -0.3 is 11.1 Å². The second kappa shape index (κ2) is 7.24. The van der Waals surface area contributed by atoms with E-state index in [9.17, 15) is 4.79 Å². The molecular weight excluding hydrogens is 331 g/mol. The highest BCUT2D eigenvalue weighted by molar-refractivity contribution is 6.33. The molecule has 2 aromatic carbocycles. The van der Waals surface area contributed by atoms with Gasteiger partial charge >= 0.3 is 0 Å². The van der Waals surface area contributed by atoms with Crippen LogP contribution in [0.15, 0.2) is 36.4 Å². The summed E-state index contributed by atoms with van der Waals surface area (Å²) in [4.78, 5) is 12.5. The first-order valence-corrected chi connectivity index (χ1v) is 7.87. The highest BCUT2D eigenvalue weighted by Crippen LogP contribution is 2.31. The third kappa shape index (κ3) is 3.80. The number of rotatable bonds is 2. The van der Waals surface area contributed by atoms with Gasteiger partial charge in [0.25, 0.3) is 5.91 Å². The van der Waals surface area contributed by atoms with Crippen molar-refractivity contribution in [1.29, 1.82) is 0 Å². The summed E-state index contributed by atoms with van der Waals surface area (Å²) in [5.41, 5.74) is 10.6. The van der Waals surface area contributed by atoms with Crippen LogP contribution >= 0.6 is 24.0 Å². The van der Waals surface area contributed by atoms with E-state index in [1.54, 1.807) is 6.07 Å². The van der Waals surface area contributed by atoms with Gasteiger partial charge in [0, 0.05) is 5.69 Å². The van der Waals surface area contributed by atoms with Crippen LogP contribution in [-0.4, -0.2) is 5.91 Å². The minimum atomic E-state index is -0.125. The van der Waals surface area contributed by atoms with Crippen molar-refractivity contribution in [3.05, 3.63) is 63.7 Å². The largest absolute Gasteiger partial charge is 0.399 e. The zero-order valence-corrected chi connectivity index (χ0v) is 14.5. The molecule has 0 heterocycles. The summed E-state index contributed by atoms with van der Waals surface area (Å²) >= 11 is 6.19. The lowest BCUT2D eigenvalue weighted by Crippen LogP contribution is -2.31. The number of aryl methyl sites for hydroxylation is 2. The van der Waals surface area contributed by atoms with Gasteiger partial charge in [-0.3, -0.25) is 4.79 Å². The zero-order chi connectivity index (χ0) is 15.7. The summed E-state index contributed by atoms with van der Waals surface area (Å²) in [6.07, 6.45) is 2.99. The fourth-order valence-electron chi connectivity index (χ4n) is 3.02. The summed E-state index contributed by atoms with van der Waals surface area (Å²) in [7, 11) is 0. The SMILES string of the molecule is Cc1ccc(C(=O)NC2CCCc3cc(N)ccc32)c(Cl)c1.Cl. The lowest BCUT2D eigenvalue weighted by molar-refractivity contribution is 0.0933. The van der Waals surface area contributed by atoms with Crippen LogP contribution in [0.1, 0.15) is 45.9 Å². The first kappa shape index (κ1) is 17.6. The average Bonchev–Trinajstić information content (AvgIpc) is 2.47. The molecule has 0 saturated carbocycles. The topological polar surface area (TPSA) is 55.1 Å². The van der Waals surface area contributed by atoms with Gasteiger partial charge in [0.1, 0.15) is 0 Å². The van der Waals surface area contributed by atoms with Gasteiger partial charge in [-0.15, -0.1) is 12.4 Å². The van der Waals surface area contributed by atoms with Crippen LogP contribution in [0, 0.1) is 6.92 Å². The number of nitrogen functional groups attached to an aromatic ring is 1. The molecule has 23 heavy (non-hydrogen) atoms. The van der Waals surface area contributed by atoms with Gasteiger partial charge in [-0.25, -0.2) is 0 Å². The van der Waals surface area contributed by atoms with Crippen molar-refractivity contribution in [2.75, 3.05) is 5.73 Å². The van der Waals surface area contributed by atoms with Gasteiger partial charge in [-0.05, 0) is 67.1 Å². The molecule has 122 valence electrons. The molecule has 5 heteroatoms. The molecule has 0 bridgehead atoms. The van der Waals surface area contributed by atoms with E-state index in [-0.39, 0.29) is 24.4 Å². The minimum Gasteiger partial charge on any atom is -0.399 e. The molecule has 0 aliphatic heterocycles. The third-order valence-electron chi connectivity index (χ3n) is 4.16. The summed E-state index contributed by atoms with van der Waals surface area (Å²) in [5, 5.41) is 3.60. The molecule has 1 amide bonds. The van der Waals surface area contributed by atoms with Crippen LogP contribution in [0.4, 0.5) is 5.69 Å². The van der Waals surface area contributed by atoms with Crippen LogP contribution < -0.4 is 11.1 Å². The molecule has 3 nitrogen and oxygen atoms in total. The number of carbonyl (C=O) groups excluding carboxylic acids is 1. The molecule has 2 aromatic rings. The Morgan fingerprint density at radius 2 is 2.04 bits per heavy atom. The lowest BCUT2D eigenvalue weighted by Gasteiger charge is -2.27. The van der Waals surface area contributed by atoms with Crippen molar-refractivity contribution < 1.29 is 4.79 Å². The van der Waals surface area contributed by atoms with E-state index in [1.807, 2.05) is 37.3 Å².